The molecule has 0 aromatic carbocycles. The molecule has 7 N–H and O–H groups in total. The lowest BCUT2D eigenvalue weighted by molar-refractivity contribution is -0.234. The van der Waals surface area contributed by atoms with Crippen LogP contribution < -0.4 is 16.8 Å². The number of alkyl halides is 1. The molecule has 14 heavy (non-hydrogen) atoms. The second-order valence-electron chi connectivity index (χ2n) is 2.35. The van der Waals surface area contributed by atoms with E-state index >= 15 is 0 Å². The van der Waals surface area contributed by atoms with Crippen molar-refractivity contribution in [2.75, 3.05) is 16.8 Å². The van der Waals surface area contributed by atoms with E-state index in [0.717, 1.165) is 0 Å². The van der Waals surface area contributed by atoms with Crippen LogP contribution >= 0.6 is 11.6 Å². The summed E-state index contributed by atoms with van der Waals surface area (Å²) in [5.41, 5.74) is 10.2. The van der Waals surface area contributed by atoms with Crippen molar-refractivity contribution in [2.45, 2.75) is 6.16 Å². The van der Waals surface area contributed by atoms with E-state index in [2.05, 4.69) is 9.97 Å². The van der Waals surface area contributed by atoms with Crippen LogP contribution in [0, 0.1) is 0 Å². The van der Waals surface area contributed by atoms with Crippen LogP contribution in [0.4, 0.5) is 21.8 Å². The molecule has 0 saturated heterocycles. The van der Waals surface area contributed by atoms with Crippen LogP contribution in [0.15, 0.2) is 0 Å². The lowest BCUT2D eigenvalue weighted by atomic mass is 10.5. The van der Waals surface area contributed by atoms with E-state index < -0.39 is 12.0 Å². The van der Waals surface area contributed by atoms with E-state index in [1.807, 2.05) is 0 Å². The van der Waals surface area contributed by atoms with Gasteiger partial charge < -0.3 is 21.7 Å². The number of nitrogen functional groups attached to an aromatic ring is 2. The molecule has 1 heterocycles. The molecule has 0 amide bonds. The van der Waals surface area contributed by atoms with Crippen LogP contribution in [-0.4, -0.2) is 26.3 Å². The van der Waals surface area contributed by atoms with Gasteiger partial charge in [0, 0.05) is 0 Å². The highest BCUT2D eigenvalue weighted by Gasteiger charge is 2.24. The molecule has 0 aliphatic carbocycles. The molecule has 1 aromatic rings. The molecular formula is C5H7ClFN5O2. The fourth-order valence-electron chi connectivity index (χ4n) is 0.704. The topological polar surface area (TPSA) is 130 Å². The van der Waals surface area contributed by atoms with Gasteiger partial charge in [0.15, 0.2) is 11.0 Å². The molecule has 9 heteroatoms. The van der Waals surface area contributed by atoms with Crippen LogP contribution in [0.5, 0.6) is 0 Å². The quantitative estimate of drug-likeness (QED) is 0.254. The van der Waals surface area contributed by atoms with E-state index in [1.165, 1.54) is 5.32 Å². The van der Waals surface area contributed by atoms with E-state index in [-0.39, 0.29) is 16.8 Å². The molecule has 0 radical (unpaired) electrons. The fourth-order valence-corrected chi connectivity index (χ4v) is 0.880. The Bertz CT molecular complexity index is 355. The molecule has 1 aromatic heterocycles. The standard InChI is InChI=1S/C5H7ClFN5O2/c6-2-1(8)3(11-4(9)10-2)12-5(7,13)14/h13-14H,8H2,(H3,9,10,11,12). The molecule has 1 rings (SSSR count). The summed E-state index contributed by atoms with van der Waals surface area (Å²) in [4.78, 5) is 6.85. The van der Waals surface area contributed by atoms with Gasteiger partial charge in [0.2, 0.25) is 5.95 Å². The summed E-state index contributed by atoms with van der Waals surface area (Å²) >= 11 is 5.47. The van der Waals surface area contributed by atoms with Gasteiger partial charge in [-0.1, -0.05) is 11.6 Å². The summed E-state index contributed by atoms with van der Waals surface area (Å²) in [6.07, 6.45) is -3.65. The zero-order valence-corrected chi connectivity index (χ0v) is 7.46. The summed E-state index contributed by atoms with van der Waals surface area (Å²) in [5.74, 6) is -0.689. The minimum Gasteiger partial charge on any atom is -0.393 e. The Morgan fingerprint density at radius 3 is 2.43 bits per heavy atom. The first-order valence-electron chi connectivity index (χ1n) is 3.30. The summed E-state index contributed by atoms with van der Waals surface area (Å²) in [6, 6.07) is 0. The normalized spacial score (nSPS) is 11.4. The minimum absolute atomic E-state index is 0.218. The van der Waals surface area contributed by atoms with Crippen molar-refractivity contribution in [3.63, 3.8) is 0 Å². The van der Waals surface area contributed by atoms with Crippen molar-refractivity contribution in [3.05, 3.63) is 5.15 Å². The minimum atomic E-state index is -3.65. The number of aliphatic hydroxyl groups is 2. The maximum absolute atomic E-state index is 12.3. The smallest absolute Gasteiger partial charge is 0.393 e. The van der Waals surface area contributed by atoms with Crippen molar-refractivity contribution >= 4 is 29.1 Å². The first-order valence-corrected chi connectivity index (χ1v) is 3.67. The first kappa shape index (κ1) is 10.7. The van der Waals surface area contributed by atoms with Gasteiger partial charge in [0.1, 0.15) is 5.69 Å². The monoisotopic (exact) mass is 223 g/mol. The van der Waals surface area contributed by atoms with Crippen molar-refractivity contribution in [3.8, 4) is 0 Å². The van der Waals surface area contributed by atoms with E-state index in [9.17, 15) is 4.39 Å². The Balaban J connectivity index is 3.09. The van der Waals surface area contributed by atoms with Crippen molar-refractivity contribution in [1.82, 2.24) is 9.97 Å². The average Bonchev–Trinajstić information content (AvgIpc) is 1.96. The Labute approximate surface area is 82.5 Å². The number of aromatic nitrogens is 2. The van der Waals surface area contributed by atoms with Gasteiger partial charge in [-0.05, 0) is 0 Å². The molecule has 0 unspecified atom stereocenters. The lowest BCUT2D eigenvalue weighted by Gasteiger charge is -2.15. The predicted molar refractivity (Wildman–Crippen MR) is 47.8 cm³/mol. The molecular weight excluding hydrogens is 217 g/mol. The van der Waals surface area contributed by atoms with Crippen LogP contribution in [0.25, 0.3) is 0 Å². The average molecular weight is 224 g/mol. The fraction of sp³-hybridized carbons (Fsp3) is 0.200. The van der Waals surface area contributed by atoms with E-state index in [0.29, 0.717) is 0 Å². The molecule has 0 atom stereocenters. The third-order valence-corrected chi connectivity index (χ3v) is 1.48. The van der Waals surface area contributed by atoms with Crippen molar-refractivity contribution in [1.29, 1.82) is 0 Å². The number of nitrogens with one attached hydrogen (secondary N) is 1. The SMILES string of the molecule is Nc1nc(Cl)c(N)c(NC(O)(O)F)n1. The number of anilines is 3. The number of halogens is 2. The molecule has 0 aliphatic heterocycles. The number of hydrogen-bond donors (Lipinski definition) is 5. The highest BCUT2D eigenvalue weighted by molar-refractivity contribution is 6.32. The summed E-state index contributed by atoms with van der Waals surface area (Å²) in [6.45, 7) is 0. The van der Waals surface area contributed by atoms with Gasteiger partial charge in [-0.2, -0.15) is 14.4 Å². The maximum atomic E-state index is 12.3. The van der Waals surface area contributed by atoms with Crippen LogP contribution in [0.2, 0.25) is 5.15 Å². The van der Waals surface area contributed by atoms with Gasteiger partial charge in [-0.3, -0.25) is 5.32 Å². The number of nitrogens with zero attached hydrogens (tertiary/aromatic N) is 2. The Morgan fingerprint density at radius 2 is 1.93 bits per heavy atom. The van der Waals surface area contributed by atoms with Gasteiger partial charge in [0.25, 0.3) is 0 Å². The van der Waals surface area contributed by atoms with Gasteiger partial charge in [-0.15, -0.1) is 0 Å². The second-order valence-corrected chi connectivity index (χ2v) is 2.71. The predicted octanol–water partition coefficient (Wildman–Crippen LogP) is -0.728. The highest BCUT2D eigenvalue weighted by Crippen LogP contribution is 2.25. The third kappa shape index (κ3) is 2.55. The zero-order valence-electron chi connectivity index (χ0n) is 6.70. The third-order valence-electron chi connectivity index (χ3n) is 1.19. The van der Waals surface area contributed by atoms with Crippen LogP contribution in [-0.2, 0) is 0 Å². The summed E-state index contributed by atoms with van der Waals surface area (Å²) in [5, 5.41) is 18.0. The van der Waals surface area contributed by atoms with E-state index in [4.69, 9.17) is 33.3 Å². The Hall–Kier alpha value is -1.38. The van der Waals surface area contributed by atoms with E-state index in [1.54, 1.807) is 0 Å². The second kappa shape index (κ2) is 3.40. The molecule has 0 spiro atoms. The van der Waals surface area contributed by atoms with Crippen LogP contribution in [0.1, 0.15) is 0 Å². The molecule has 0 fully saturated rings. The van der Waals surface area contributed by atoms with Gasteiger partial charge in [0.05, 0.1) is 0 Å². The van der Waals surface area contributed by atoms with Gasteiger partial charge >= 0.3 is 6.16 Å². The molecule has 0 bridgehead atoms. The number of rotatable bonds is 2. The van der Waals surface area contributed by atoms with Crippen molar-refractivity contribution in [2.24, 2.45) is 0 Å². The largest absolute Gasteiger partial charge is 0.407 e. The molecule has 78 valence electrons. The van der Waals surface area contributed by atoms with Gasteiger partial charge in [-0.25, -0.2) is 0 Å². The first-order chi connectivity index (χ1) is 6.29. The summed E-state index contributed by atoms with van der Waals surface area (Å²) < 4.78 is 12.3. The Morgan fingerprint density at radius 1 is 1.36 bits per heavy atom. The van der Waals surface area contributed by atoms with Crippen molar-refractivity contribution < 1.29 is 14.6 Å². The maximum Gasteiger partial charge on any atom is 0.407 e. The lowest BCUT2D eigenvalue weighted by Crippen LogP contribution is -2.32. The zero-order chi connectivity index (χ0) is 10.9. The Kier molecular flexibility index (Phi) is 2.60. The number of nitrogens with two attached hydrogens (primary N) is 2. The van der Waals surface area contributed by atoms with Crippen LogP contribution in [0.3, 0.4) is 0 Å². The molecule has 0 saturated carbocycles. The molecule has 0 aliphatic rings. The number of hydrogen-bond acceptors (Lipinski definition) is 7. The molecule has 7 nitrogen and oxygen atoms in total. The summed E-state index contributed by atoms with van der Waals surface area (Å²) in [7, 11) is 0. The highest BCUT2D eigenvalue weighted by atomic mass is 35.5.